The zero-order valence-electron chi connectivity index (χ0n) is 13.7. The van der Waals surface area contributed by atoms with E-state index in [1.165, 1.54) is 0 Å². The van der Waals surface area contributed by atoms with Gasteiger partial charge in [0.25, 0.3) is 0 Å². The molecule has 1 aromatic heterocycles. The molecule has 0 radical (unpaired) electrons. The van der Waals surface area contributed by atoms with Crippen LogP contribution in [-0.2, 0) is 16.6 Å². The third-order valence-corrected chi connectivity index (χ3v) is 5.81. The van der Waals surface area contributed by atoms with Crippen LogP contribution in [0.2, 0.25) is 0 Å². The van der Waals surface area contributed by atoms with Gasteiger partial charge in [-0.1, -0.05) is 34.1 Å². The number of hydrogen-bond acceptors (Lipinski definition) is 4. The van der Waals surface area contributed by atoms with Crippen LogP contribution in [0.4, 0.5) is 0 Å². The summed E-state index contributed by atoms with van der Waals surface area (Å²) in [7, 11) is -3.51. The summed E-state index contributed by atoms with van der Waals surface area (Å²) in [6, 6.07) is 0. The van der Waals surface area contributed by atoms with Crippen LogP contribution in [0.1, 0.15) is 45.5 Å². The summed E-state index contributed by atoms with van der Waals surface area (Å²) in [6.07, 6.45) is 0.959. The summed E-state index contributed by atoms with van der Waals surface area (Å²) in [5.74, 6) is 0.337. The lowest BCUT2D eigenvalue weighted by Crippen LogP contribution is -2.35. The first-order chi connectivity index (χ1) is 9.88. The van der Waals surface area contributed by atoms with Crippen LogP contribution in [0.25, 0.3) is 0 Å². The first-order valence-corrected chi connectivity index (χ1v) is 9.07. The van der Waals surface area contributed by atoms with Crippen LogP contribution in [0.15, 0.2) is 4.90 Å². The minimum absolute atomic E-state index is 0.327. The Morgan fingerprint density at radius 3 is 2.52 bits per heavy atom. The molecule has 0 amide bonds. The lowest BCUT2D eigenvalue weighted by Gasteiger charge is -2.23. The predicted molar refractivity (Wildman–Crippen MR) is 84.6 cm³/mol. The highest BCUT2D eigenvalue weighted by Crippen LogP contribution is 2.23. The molecule has 0 bridgehead atoms. The molecule has 0 saturated carbocycles. The van der Waals surface area contributed by atoms with Crippen molar-refractivity contribution in [1.82, 2.24) is 19.8 Å². The van der Waals surface area contributed by atoms with Gasteiger partial charge in [0.1, 0.15) is 4.90 Å². The van der Waals surface area contributed by atoms with Gasteiger partial charge in [0.05, 0.1) is 11.4 Å². The van der Waals surface area contributed by atoms with Gasteiger partial charge in [0, 0.05) is 19.6 Å². The fraction of sp³-hybridized carbons (Fsp3) is 0.786. The standard InChI is InChI=1S/C14H28N4O2S/c1-6-11(4)10-18(8-3)21(19,20)14-12(5)16-17-13(14)9-15-7-2/h11,15H,6-10H2,1-5H3,(H,16,17). The van der Waals surface area contributed by atoms with Gasteiger partial charge in [0.15, 0.2) is 0 Å². The zero-order valence-corrected chi connectivity index (χ0v) is 14.5. The molecule has 1 atom stereocenters. The maximum Gasteiger partial charge on any atom is 0.246 e. The van der Waals surface area contributed by atoms with Gasteiger partial charge in [-0.05, 0) is 19.4 Å². The quantitative estimate of drug-likeness (QED) is 0.729. The predicted octanol–water partition coefficient (Wildman–Crippen LogP) is 1.88. The van der Waals surface area contributed by atoms with Crippen molar-refractivity contribution in [1.29, 1.82) is 0 Å². The first kappa shape index (κ1) is 18.1. The second kappa shape index (κ2) is 7.91. The lowest BCUT2D eigenvalue weighted by atomic mass is 10.1. The summed E-state index contributed by atoms with van der Waals surface area (Å²) < 4.78 is 27.4. The molecule has 122 valence electrons. The van der Waals surface area contributed by atoms with Crippen molar-refractivity contribution in [2.24, 2.45) is 5.92 Å². The molecule has 1 heterocycles. The normalized spacial score (nSPS) is 13.8. The minimum atomic E-state index is -3.51. The lowest BCUT2D eigenvalue weighted by molar-refractivity contribution is 0.361. The van der Waals surface area contributed by atoms with Crippen LogP contribution >= 0.6 is 0 Å². The van der Waals surface area contributed by atoms with Crippen molar-refractivity contribution in [3.63, 3.8) is 0 Å². The minimum Gasteiger partial charge on any atom is -0.311 e. The highest BCUT2D eigenvalue weighted by Gasteiger charge is 2.30. The van der Waals surface area contributed by atoms with Crippen LogP contribution in [0, 0.1) is 12.8 Å². The Kier molecular flexibility index (Phi) is 6.83. The third kappa shape index (κ3) is 4.28. The molecule has 0 aliphatic carbocycles. The van der Waals surface area contributed by atoms with E-state index in [0.717, 1.165) is 13.0 Å². The van der Waals surface area contributed by atoms with Gasteiger partial charge >= 0.3 is 0 Å². The topological polar surface area (TPSA) is 78.1 Å². The second-order valence-corrected chi connectivity index (χ2v) is 7.25. The highest BCUT2D eigenvalue weighted by atomic mass is 32.2. The van der Waals surface area contributed by atoms with E-state index in [-0.39, 0.29) is 0 Å². The Labute approximate surface area is 128 Å². The van der Waals surface area contributed by atoms with Crippen molar-refractivity contribution in [3.05, 3.63) is 11.4 Å². The number of nitrogens with zero attached hydrogens (tertiary/aromatic N) is 2. The van der Waals surface area contributed by atoms with Gasteiger partial charge in [-0.2, -0.15) is 9.40 Å². The number of H-pyrrole nitrogens is 1. The van der Waals surface area contributed by atoms with E-state index in [0.29, 0.717) is 41.8 Å². The number of hydrogen-bond donors (Lipinski definition) is 2. The summed E-state index contributed by atoms with van der Waals surface area (Å²) in [5.41, 5.74) is 1.17. The Morgan fingerprint density at radius 2 is 2.00 bits per heavy atom. The van der Waals surface area contributed by atoms with Gasteiger partial charge in [0.2, 0.25) is 10.0 Å². The summed E-state index contributed by atoms with van der Waals surface area (Å²) >= 11 is 0. The molecule has 0 fully saturated rings. The van der Waals surface area contributed by atoms with E-state index in [2.05, 4.69) is 29.4 Å². The first-order valence-electron chi connectivity index (χ1n) is 7.63. The summed E-state index contributed by atoms with van der Waals surface area (Å²) in [6.45, 7) is 12.0. The fourth-order valence-electron chi connectivity index (χ4n) is 2.18. The average molecular weight is 316 g/mol. The van der Waals surface area contributed by atoms with Gasteiger partial charge in [-0.25, -0.2) is 8.42 Å². The molecule has 2 N–H and O–H groups in total. The molecular formula is C14H28N4O2S. The van der Waals surface area contributed by atoms with Crippen molar-refractivity contribution in [3.8, 4) is 0 Å². The zero-order chi connectivity index (χ0) is 16.0. The van der Waals surface area contributed by atoms with Gasteiger partial charge in [-0.3, -0.25) is 5.10 Å². The van der Waals surface area contributed by atoms with E-state index >= 15 is 0 Å². The van der Waals surface area contributed by atoms with Gasteiger partial charge < -0.3 is 5.32 Å². The molecule has 1 aromatic rings. The molecule has 0 spiro atoms. The number of aryl methyl sites for hydroxylation is 1. The maximum atomic E-state index is 12.9. The van der Waals surface area contributed by atoms with Crippen LogP contribution < -0.4 is 5.32 Å². The smallest absolute Gasteiger partial charge is 0.246 e. The van der Waals surface area contributed by atoms with E-state index in [1.807, 2.05) is 13.8 Å². The third-order valence-electron chi connectivity index (χ3n) is 3.67. The molecule has 0 aromatic carbocycles. The fourth-order valence-corrected chi connectivity index (χ4v) is 4.07. The van der Waals surface area contributed by atoms with E-state index < -0.39 is 10.0 Å². The molecule has 7 heteroatoms. The Morgan fingerprint density at radius 1 is 1.33 bits per heavy atom. The summed E-state index contributed by atoms with van der Waals surface area (Å²) in [4.78, 5) is 0.327. The molecule has 0 aliphatic heterocycles. The molecule has 6 nitrogen and oxygen atoms in total. The maximum absolute atomic E-state index is 12.9. The van der Waals surface area contributed by atoms with Gasteiger partial charge in [-0.15, -0.1) is 0 Å². The molecule has 0 aliphatic rings. The summed E-state index contributed by atoms with van der Waals surface area (Å²) in [5, 5.41) is 10.1. The SMILES string of the molecule is CCNCc1n[nH]c(C)c1S(=O)(=O)N(CC)CC(C)CC. The monoisotopic (exact) mass is 316 g/mol. The van der Waals surface area contributed by atoms with E-state index in [9.17, 15) is 8.42 Å². The molecule has 1 unspecified atom stereocenters. The number of rotatable bonds is 9. The molecule has 0 saturated heterocycles. The molecular weight excluding hydrogens is 288 g/mol. The Bertz CT molecular complexity index is 539. The number of nitrogens with one attached hydrogen (secondary N) is 2. The molecule has 21 heavy (non-hydrogen) atoms. The van der Waals surface area contributed by atoms with Crippen molar-refractivity contribution >= 4 is 10.0 Å². The second-order valence-electron chi connectivity index (χ2n) is 5.37. The average Bonchev–Trinajstić information content (AvgIpc) is 2.83. The van der Waals surface area contributed by atoms with Crippen molar-refractivity contribution in [2.75, 3.05) is 19.6 Å². The Balaban J connectivity index is 3.13. The van der Waals surface area contributed by atoms with Crippen molar-refractivity contribution < 1.29 is 8.42 Å². The Hall–Kier alpha value is -0.920. The number of aromatic nitrogens is 2. The van der Waals surface area contributed by atoms with E-state index in [4.69, 9.17) is 0 Å². The van der Waals surface area contributed by atoms with Crippen molar-refractivity contribution in [2.45, 2.75) is 52.5 Å². The van der Waals surface area contributed by atoms with Crippen LogP contribution in [0.5, 0.6) is 0 Å². The van der Waals surface area contributed by atoms with Crippen LogP contribution in [-0.4, -0.2) is 42.6 Å². The largest absolute Gasteiger partial charge is 0.311 e. The number of sulfonamides is 1. The number of aromatic amines is 1. The van der Waals surface area contributed by atoms with Crippen LogP contribution in [0.3, 0.4) is 0 Å². The highest BCUT2D eigenvalue weighted by molar-refractivity contribution is 7.89. The van der Waals surface area contributed by atoms with E-state index in [1.54, 1.807) is 11.2 Å². The molecule has 1 rings (SSSR count).